The van der Waals surface area contributed by atoms with Crippen LogP contribution in [-0.4, -0.2) is 57.3 Å². The molecule has 6 nitrogen and oxygen atoms in total. The molecule has 0 aliphatic carbocycles. The van der Waals surface area contributed by atoms with E-state index in [1.165, 1.54) is 6.33 Å². The molecule has 2 aliphatic heterocycles. The Labute approximate surface area is 111 Å². The van der Waals surface area contributed by atoms with E-state index in [4.69, 9.17) is 4.74 Å². The van der Waals surface area contributed by atoms with E-state index in [2.05, 4.69) is 9.97 Å². The van der Waals surface area contributed by atoms with Gasteiger partial charge in [-0.25, -0.2) is 9.97 Å². The van der Waals surface area contributed by atoms with Gasteiger partial charge in [0.2, 0.25) is 0 Å². The van der Waals surface area contributed by atoms with Crippen LogP contribution in [0.25, 0.3) is 0 Å². The van der Waals surface area contributed by atoms with Gasteiger partial charge in [-0.2, -0.15) is 0 Å². The maximum Gasteiger partial charge on any atom is 0.272 e. The Morgan fingerprint density at radius 3 is 3.16 bits per heavy atom. The van der Waals surface area contributed by atoms with Crippen LogP contribution >= 0.6 is 0 Å². The summed E-state index contributed by atoms with van der Waals surface area (Å²) in [5.41, 5.74) is -0.180. The molecule has 2 aliphatic rings. The van der Waals surface area contributed by atoms with Crippen molar-refractivity contribution in [3.63, 3.8) is 0 Å². The smallest absolute Gasteiger partial charge is 0.272 e. The zero-order chi connectivity index (χ0) is 13.3. The third-order valence-corrected chi connectivity index (χ3v) is 3.96. The summed E-state index contributed by atoms with van der Waals surface area (Å²) in [6, 6.07) is 1.61. The van der Waals surface area contributed by atoms with E-state index in [9.17, 15) is 9.90 Å². The molecule has 0 aromatic carbocycles. The molecule has 102 valence electrons. The van der Waals surface area contributed by atoms with Crippen molar-refractivity contribution in [3.8, 4) is 0 Å². The Balaban J connectivity index is 1.77. The highest BCUT2D eigenvalue weighted by Crippen LogP contribution is 2.35. The Morgan fingerprint density at radius 2 is 2.47 bits per heavy atom. The fraction of sp³-hybridized carbons (Fsp3) is 0.615. The van der Waals surface area contributed by atoms with Gasteiger partial charge >= 0.3 is 0 Å². The van der Waals surface area contributed by atoms with Crippen molar-refractivity contribution in [1.29, 1.82) is 0 Å². The Kier molecular flexibility index (Phi) is 3.20. The highest BCUT2D eigenvalue weighted by molar-refractivity contribution is 5.92. The second-order valence-electron chi connectivity index (χ2n) is 5.14. The fourth-order valence-electron chi connectivity index (χ4n) is 2.91. The molecule has 3 heterocycles. The molecule has 2 saturated heterocycles. The lowest BCUT2D eigenvalue weighted by molar-refractivity contribution is -0.124. The molecule has 2 atom stereocenters. The van der Waals surface area contributed by atoms with Gasteiger partial charge in [0.1, 0.15) is 17.6 Å². The molecule has 2 fully saturated rings. The standard InChI is InChI=1S/C13H17N3O3/c17-11-3-6-16(8-13(11)4-1-7-19-13)12(18)10-2-5-14-9-15-10/h2,5,9,11,17H,1,3-4,6-8H2/t11-,13-/m0/s1. The molecule has 19 heavy (non-hydrogen) atoms. The van der Waals surface area contributed by atoms with Gasteiger partial charge in [-0.3, -0.25) is 4.79 Å². The number of carbonyl (C=O) groups excluding carboxylic acids is 1. The molecule has 1 aromatic rings. The molecule has 1 N–H and O–H groups in total. The number of aliphatic hydroxyl groups is 1. The van der Waals surface area contributed by atoms with Gasteiger partial charge in [0, 0.05) is 19.3 Å². The number of aliphatic hydroxyl groups excluding tert-OH is 1. The lowest BCUT2D eigenvalue weighted by Gasteiger charge is -2.43. The quantitative estimate of drug-likeness (QED) is 0.785. The first kappa shape index (κ1) is 12.5. The van der Waals surface area contributed by atoms with E-state index in [0.717, 1.165) is 12.8 Å². The van der Waals surface area contributed by atoms with Crippen LogP contribution in [-0.2, 0) is 4.74 Å². The summed E-state index contributed by atoms with van der Waals surface area (Å²) >= 11 is 0. The van der Waals surface area contributed by atoms with Crippen LogP contribution in [0.15, 0.2) is 18.6 Å². The molecule has 6 heteroatoms. The van der Waals surface area contributed by atoms with E-state index in [-0.39, 0.29) is 5.91 Å². The van der Waals surface area contributed by atoms with Crippen LogP contribution in [0.1, 0.15) is 29.8 Å². The van der Waals surface area contributed by atoms with Crippen molar-refractivity contribution in [2.75, 3.05) is 19.7 Å². The summed E-state index contributed by atoms with van der Waals surface area (Å²) < 4.78 is 5.73. The van der Waals surface area contributed by atoms with Crippen molar-refractivity contribution in [2.45, 2.75) is 31.0 Å². The van der Waals surface area contributed by atoms with Crippen LogP contribution in [0.3, 0.4) is 0 Å². The number of ether oxygens (including phenoxy) is 1. The number of aromatic nitrogens is 2. The topological polar surface area (TPSA) is 75.6 Å². The average molecular weight is 263 g/mol. The lowest BCUT2D eigenvalue weighted by Crippen LogP contribution is -2.57. The maximum absolute atomic E-state index is 12.3. The van der Waals surface area contributed by atoms with Crippen molar-refractivity contribution >= 4 is 5.91 Å². The minimum atomic E-state index is -0.569. The van der Waals surface area contributed by atoms with Gasteiger partial charge in [-0.15, -0.1) is 0 Å². The zero-order valence-electron chi connectivity index (χ0n) is 10.7. The number of hydrogen-bond acceptors (Lipinski definition) is 5. The Hall–Kier alpha value is -1.53. The van der Waals surface area contributed by atoms with Gasteiger partial charge in [0.05, 0.1) is 12.6 Å². The zero-order valence-corrected chi connectivity index (χ0v) is 10.7. The molecule has 0 bridgehead atoms. The van der Waals surface area contributed by atoms with Gasteiger partial charge < -0.3 is 14.7 Å². The second-order valence-corrected chi connectivity index (χ2v) is 5.14. The van der Waals surface area contributed by atoms with Gasteiger partial charge in [-0.1, -0.05) is 0 Å². The summed E-state index contributed by atoms with van der Waals surface area (Å²) in [5.74, 6) is -0.121. The van der Waals surface area contributed by atoms with E-state index >= 15 is 0 Å². The number of amides is 1. The van der Waals surface area contributed by atoms with E-state index in [0.29, 0.717) is 31.8 Å². The molecule has 0 saturated carbocycles. The monoisotopic (exact) mass is 263 g/mol. The fourth-order valence-corrected chi connectivity index (χ4v) is 2.91. The van der Waals surface area contributed by atoms with Crippen LogP contribution < -0.4 is 0 Å². The van der Waals surface area contributed by atoms with Crippen molar-refractivity contribution in [3.05, 3.63) is 24.3 Å². The average Bonchev–Trinajstić information content (AvgIpc) is 2.92. The number of carbonyl (C=O) groups is 1. The molecular formula is C13H17N3O3. The maximum atomic E-state index is 12.3. The normalized spacial score (nSPS) is 30.8. The second kappa shape index (κ2) is 4.86. The van der Waals surface area contributed by atoms with Crippen LogP contribution in [0.4, 0.5) is 0 Å². The third-order valence-electron chi connectivity index (χ3n) is 3.96. The third kappa shape index (κ3) is 2.21. The van der Waals surface area contributed by atoms with E-state index in [1.54, 1.807) is 17.2 Å². The van der Waals surface area contributed by atoms with Gasteiger partial charge in [0.25, 0.3) is 5.91 Å². The number of nitrogens with zero attached hydrogens (tertiary/aromatic N) is 3. The minimum absolute atomic E-state index is 0.121. The van der Waals surface area contributed by atoms with E-state index < -0.39 is 11.7 Å². The van der Waals surface area contributed by atoms with Crippen molar-refractivity contribution in [1.82, 2.24) is 14.9 Å². The summed E-state index contributed by atoms with van der Waals surface area (Å²) in [4.78, 5) is 21.9. The summed E-state index contributed by atoms with van der Waals surface area (Å²) in [7, 11) is 0. The molecule has 0 unspecified atom stereocenters. The van der Waals surface area contributed by atoms with Crippen LogP contribution in [0, 0.1) is 0 Å². The van der Waals surface area contributed by atoms with Gasteiger partial charge in [0.15, 0.2) is 0 Å². The van der Waals surface area contributed by atoms with Crippen molar-refractivity contribution < 1.29 is 14.6 Å². The molecule has 3 rings (SSSR count). The SMILES string of the molecule is O=C(c1ccncn1)N1CC[C@H](O)[C@]2(CCCO2)C1. The predicted octanol–water partition coefficient (Wildman–Crippen LogP) is 0.233. The molecule has 1 amide bonds. The first-order valence-corrected chi connectivity index (χ1v) is 6.59. The Morgan fingerprint density at radius 1 is 1.58 bits per heavy atom. The summed E-state index contributed by atoms with van der Waals surface area (Å²) in [6.45, 7) is 1.64. The molecule has 0 radical (unpaired) electrons. The highest BCUT2D eigenvalue weighted by atomic mass is 16.5. The van der Waals surface area contributed by atoms with Gasteiger partial charge in [-0.05, 0) is 25.3 Å². The first-order valence-electron chi connectivity index (χ1n) is 6.59. The summed E-state index contributed by atoms with van der Waals surface area (Å²) in [5, 5.41) is 10.1. The highest BCUT2D eigenvalue weighted by Gasteiger charge is 2.47. The lowest BCUT2D eigenvalue weighted by atomic mass is 9.87. The Bertz CT molecular complexity index is 459. The number of likely N-dealkylation sites (tertiary alicyclic amines) is 1. The van der Waals surface area contributed by atoms with Crippen LogP contribution in [0.5, 0.6) is 0 Å². The van der Waals surface area contributed by atoms with Crippen LogP contribution in [0.2, 0.25) is 0 Å². The molecular weight excluding hydrogens is 246 g/mol. The minimum Gasteiger partial charge on any atom is -0.390 e. The number of hydrogen-bond donors (Lipinski definition) is 1. The van der Waals surface area contributed by atoms with E-state index in [1.807, 2.05) is 0 Å². The number of piperidine rings is 1. The largest absolute Gasteiger partial charge is 0.390 e. The van der Waals surface area contributed by atoms with Crippen molar-refractivity contribution in [2.24, 2.45) is 0 Å². The number of rotatable bonds is 1. The predicted molar refractivity (Wildman–Crippen MR) is 66.5 cm³/mol. The molecule has 1 spiro atoms. The molecule has 1 aromatic heterocycles. The summed E-state index contributed by atoms with van der Waals surface area (Å²) in [6.07, 6.45) is 4.74. The first-order chi connectivity index (χ1) is 9.21.